The van der Waals surface area contributed by atoms with Crippen LogP contribution < -0.4 is 0 Å². The Kier molecular flexibility index (Phi) is 5.32. The third-order valence-electron chi connectivity index (χ3n) is 7.01. The quantitative estimate of drug-likeness (QED) is 0.170. The standard InChI is InChI=1S/C30H27ClN2/c31-21-22(33-29-18-7-3-14-25(29)26-15-4-8-19-30(26)33)11-9-10-20-32-27-16-5-1-12-23(27)24-13-2-6-17-28(24)32/h1-8,12-19,22H,9-11,20-21H2/t22-/m0/s1. The smallest absolute Gasteiger partial charge is 0.0494 e. The van der Waals surface area contributed by atoms with Gasteiger partial charge in [-0.1, -0.05) is 72.8 Å². The number of halogens is 1. The van der Waals surface area contributed by atoms with Crippen LogP contribution in [0.3, 0.4) is 0 Å². The van der Waals surface area contributed by atoms with E-state index in [2.05, 4.69) is 106 Å². The van der Waals surface area contributed by atoms with Gasteiger partial charge in [-0.25, -0.2) is 0 Å². The van der Waals surface area contributed by atoms with Gasteiger partial charge in [0.05, 0.1) is 0 Å². The molecule has 6 aromatic rings. The number of fused-ring (bicyclic) bond motifs is 6. The molecule has 0 saturated carbocycles. The summed E-state index contributed by atoms with van der Waals surface area (Å²) in [7, 11) is 0. The number of hydrogen-bond acceptors (Lipinski definition) is 0. The van der Waals surface area contributed by atoms with E-state index in [1.165, 1.54) is 43.6 Å². The molecule has 0 aliphatic carbocycles. The van der Waals surface area contributed by atoms with Crippen LogP contribution in [-0.2, 0) is 6.54 Å². The molecule has 0 spiro atoms. The molecule has 1 atom stereocenters. The molecule has 0 unspecified atom stereocenters. The van der Waals surface area contributed by atoms with Gasteiger partial charge in [-0.2, -0.15) is 0 Å². The van der Waals surface area contributed by atoms with E-state index in [0.717, 1.165) is 25.8 Å². The monoisotopic (exact) mass is 450 g/mol. The maximum atomic E-state index is 6.57. The molecule has 4 aromatic carbocycles. The third kappa shape index (κ3) is 3.41. The van der Waals surface area contributed by atoms with Crippen molar-refractivity contribution in [1.29, 1.82) is 0 Å². The number of para-hydroxylation sites is 4. The van der Waals surface area contributed by atoms with Crippen LogP contribution in [0.25, 0.3) is 43.6 Å². The predicted molar refractivity (Wildman–Crippen MR) is 142 cm³/mol. The second-order valence-electron chi connectivity index (χ2n) is 8.89. The number of aryl methyl sites for hydroxylation is 1. The molecular weight excluding hydrogens is 424 g/mol. The molecule has 0 bridgehead atoms. The highest BCUT2D eigenvalue weighted by Crippen LogP contribution is 2.34. The zero-order valence-corrected chi connectivity index (χ0v) is 19.4. The Morgan fingerprint density at radius 1 is 0.545 bits per heavy atom. The molecule has 0 radical (unpaired) electrons. The first-order valence-corrected chi connectivity index (χ1v) is 12.4. The summed E-state index contributed by atoms with van der Waals surface area (Å²) in [6, 6.07) is 35.2. The Morgan fingerprint density at radius 2 is 0.970 bits per heavy atom. The molecule has 0 amide bonds. The summed E-state index contributed by atoms with van der Waals surface area (Å²) in [4.78, 5) is 0. The van der Waals surface area contributed by atoms with Crippen LogP contribution in [0, 0.1) is 0 Å². The van der Waals surface area contributed by atoms with Gasteiger partial charge >= 0.3 is 0 Å². The second-order valence-corrected chi connectivity index (χ2v) is 9.20. The van der Waals surface area contributed by atoms with Crippen molar-refractivity contribution in [1.82, 2.24) is 9.13 Å². The predicted octanol–water partition coefficient (Wildman–Crippen LogP) is 8.55. The first-order chi connectivity index (χ1) is 16.4. The fourth-order valence-electron chi connectivity index (χ4n) is 5.52. The number of aromatic nitrogens is 2. The zero-order chi connectivity index (χ0) is 22.2. The first kappa shape index (κ1) is 20.4. The fourth-order valence-corrected chi connectivity index (χ4v) is 5.81. The van der Waals surface area contributed by atoms with E-state index in [1.807, 2.05) is 0 Å². The van der Waals surface area contributed by atoms with Crippen molar-refractivity contribution in [2.24, 2.45) is 0 Å². The normalized spacial score (nSPS) is 12.9. The highest BCUT2D eigenvalue weighted by Gasteiger charge is 2.17. The van der Waals surface area contributed by atoms with Crippen LogP contribution >= 0.6 is 11.6 Å². The molecule has 0 fully saturated rings. The lowest BCUT2D eigenvalue weighted by Crippen LogP contribution is -2.11. The van der Waals surface area contributed by atoms with E-state index < -0.39 is 0 Å². The maximum Gasteiger partial charge on any atom is 0.0494 e. The highest BCUT2D eigenvalue weighted by atomic mass is 35.5. The average Bonchev–Trinajstić information content (AvgIpc) is 3.38. The fraction of sp³-hybridized carbons (Fsp3) is 0.200. The number of alkyl halides is 1. The lowest BCUT2D eigenvalue weighted by molar-refractivity contribution is 0.491. The molecule has 33 heavy (non-hydrogen) atoms. The van der Waals surface area contributed by atoms with E-state index in [-0.39, 0.29) is 6.04 Å². The van der Waals surface area contributed by atoms with Gasteiger partial charge in [0.15, 0.2) is 0 Å². The molecule has 6 rings (SSSR count). The molecule has 0 aliphatic heterocycles. The molecule has 3 heteroatoms. The summed E-state index contributed by atoms with van der Waals surface area (Å²) in [6.45, 7) is 1.02. The summed E-state index contributed by atoms with van der Waals surface area (Å²) < 4.78 is 4.96. The van der Waals surface area contributed by atoms with Crippen molar-refractivity contribution in [2.45, 2.75) is 31.8 Å². The summed E-state index contributed by atoms with van der Waals surface area (Å²) in [5, 5.41) is 5.32. The van der Waals surface area contributed by atoms with Crippen molar-refractivity contribution in [3.8, 4) is 0 Å². The summed E-state index contributed by atoms with van der Waals surface area (Å²) in [6.07, 6.45) is 3.34. The Morgan fingerprint density at radius 3 is 1.45 bits per heavy atom. The van der Waals surface area contributed by atoms with Crippen LogP contribution in [-0.4, -0.2) is 15.0 Å². The van der Waals surface area contributed by atoms with Gasteiger partial charge in [0, 0.05) is 62.1 Å². The summed E-state index contributed by atoms with van der Waals surface area (Å²) in [5.74, 6) is 0.623. The van der Waals surface area contributed by atoms with Crippen LogP contribution in [0.5, 0.6) is 0 Å². The minimum Gasteiger partial charge on any atom is -0.340 e. The molecule has 2 aromatic heterocycles. The van der Waals surface area contributed by atoms with E-state index in [9.17, 15) is 0 Å². The first-order valence-electron chi connectivity index (χ1n) is 11.9. The average molecular weight is 451 g/mol. The molecule has 2 nitrogen and oxygen atoms in total. The van der Waals surface area contributed by atoms with Crippen LogP contribution in [0.15, 0.2) is 97.1 Å². The van der Waals surface area contributed by atoms with Gasteiger partial charge in [0.2, 0.25) is 0 Å². The highest BCUT2D eigenvalue weighted by molar-refractivity contribution is 6.18. The van der Waals surface area contributed by atoms with Crippen molar-refractivity contribution in [2.75, 3.05) is 5.88 Å². The van der Waals surface area contributed by atoms with Gasteiger partial charge in [-0.15, -0.1) is 11.6 Å². The van der Waals surface area contributed by atoms with Crippen LogP contribution in [0.1, 0.15) is 25.3 Å². The van der Waals surface area contributed by atoms with E-state index >= 15 is 0 Å². The molecule has 0 N–H and O–H groups in total. The van der Waals surface area contributed by atoms with Gasteiger partial charge in [0.25, 0.3) is 0 Å². The van der Waals surface area contributed by atoms with Crippen molar-refractivity contribution < 1.29 is 0 Å². The SMILES string of the molecule is ClC[C@H](CCCCn1c2ccccc2c2ccccc21)n1c2ccccc2c2ccccc21. The van der Waals surface area contributed by atoms with Crippen LogP contribution in [0.4, 0.5) is 0 Å². The molecule has 2 heterocycles. The third-order valence-corrected chi connectivity index (χ3v) is 7.37. The summed E-state index contributed by atoms with van der Waals surface area (Å²) in [5.41, 5.74) is 5.23. The van der Waals surface area contributed by atoms with E-state index in [0.29, 0.717) is 5.88 Å². The van der Waals surface area contributed by atoms with Crippen LogP contribution in [0.2, 0.25) is 0 Å². The Balaban J connectivity index is 1.26. The Bertz CT molecular complexity index is 1470. The van der Waals surface area contributed by atoms with Crippen molar-refractivity contribution in [3.63, 3.8) is 0 Å². The lowest BCUT2D eigenvalue weighted by Gasteiger charge is -2.19. The van der Waals surface area contributed by atoms with Gasteiger partial charge < -0.3 is 9.13 Å². The lowest BCUT2D eigenvalue weighted by atomic mass is 10.1. The molecule has 0 saturated heterocycles. The van der Waals surface area contributed by atoms with Gasteiger partial charge in [-0.05, 0) is 43.5 Å². The number of nitrogens with zero attached hydrogens (tertiary/aromatic N) is 2. The van der Waals surface area contributed by atoms with Gasteiger partial charge in [-0.3, -0.25) is 0 Å². The number of benzene rings is 4. The van der Waals surface area contributed by atoms with Crippen molar-refractivity contribution >= 4 is 55.2 Å². The zero-order valence-electron chi connectivity index (χ0n) is 18.6. The minimum absolute atomic E-state index is 0.287. The molecular formula is C30H27ClN2. The van der Waals surface area contributed by atoms with Gasteiger partial charge in [0.1, 0.15) is 0 Å². The second kappa shape index (κ2) is 8.61. The number of unbranched alkanes of at least 4 members (excludes halogenated alkanes) is 1. The van der Waals surface area contributed by atoms with Crippen molar-refractivity contribution in [3.05, 3.63) is 97.1 Å². The Hall–Kier alpha value is -3.23. The Labute approximate surface area is 199 Å². The maximum absolute atomic E-state index is 6.57. The molecule has 164 valence electrons. The molecule has 0 aliphatic rings. The van der Waals surface area contributed by atoms with E-state index in [1.54, 1.807) is 0 Å². The largest absolute Gasteiger partial charge is 0.340 e. The minimum atomic E-state index is 0.287. The topological polar surface area (TPSA) is 9.86 Å². The van der Waals surface area contributed by atoms with E-state index in [4.69, 9.17) is 11.6 Å². The number of hydrogen-bond donors (Lipinski definition) is 0. The summed E-state index contributed by atoms with van der Waals surface area (Å²) >= 11 is 6.57. The number of rotatable bonds is 7.